The average molecular weight is 293 g/mol. The highest BCUT2D eigenvalue weighted by Gasteiger charge is 2.36. The molecule has 4 heteroatoms. The third-order valence-corrected chi connectivity index (χ3v) is 4.75. The van der Waals surface area contributed by atoms with E-state index in [9.17, 15) is 15.3 Å². The number of nitrogens with one attached hydrogen (secondary N) is 1. The lowest BCUT2D eigenvalue weighted by molar-refractivity contribution is -0.0258. The van der Waals surface area contributed by atoms with Crippen LogP contribution in [0.2, 0.25) is 0 Å². The molecule has 118 valence electrons. The molecule has 4 nitrogen and oxygen atoms in total. The number of hydrogen-bond donors (Lipinski definition) is 4. The third kappa shape index (κ3) is 4.11. The zero-order valence-electron chi connectivity index (χ0n) is 13.2. The number of hydrogen-bond acceptors (Lipinski definition) is 4. The molecule has 1 aromatic rings. The van der Waals surface area contributed by atoms with Gasteiger partial charge in [-0.3, -0.25) is 0 Å². The lowest BCUT2D eigenvalue weighted by atomic mass is 9.71. The molecular formula is C17H27NO3. The lowest BCUT2D eigenvalue weighted by Gasteiger charge is -2.40. The van der Waals surface area contributed by atoms with Crippen molar-refractivity contribution in [2.75, 3.05) is 6.54 Å². The summed E-state index contributed by atoms with van der Waals surface area (Å²) in [6.07, 6.45) is 3.68. The van der Waals surface area contributed by atoms with Crippen molar-refractivity contribution in [3.05, 3.63) is 23.8 Å². The Morgan fingerprint density at radius 2 is 1.76 bits per heavy atom. The number of benzene rings is 1. The molecule has 21 heavy (non-hydrogen) atoms. The van der Waals surface area contributed by atoms with E-state index in [-0.39, 0.29) is 17.5 Å². The second-order valence-electron chi connectivity index (χ2n) is 7.23. The van der Waals surface area contributed by atoms with Gasteiger partial charge in [0.05, 0.1) is 5.60 Å². The molecule has 0 radical (unpaired) electrons. The smallest absolute Gasteiger partial charge is 0.124 e. The van der Waals surface area contributed by atoms with Gasteiger partial charge in [-0.2, -0.15) is 0 Å². The topological polar surface area (TPSA) is 72.7 Å². The van der Waals surface area contributed by atoms with E-state index in [1.54, 1.807) is 12.1 Å². The second kappa shape index (κ2) is 5.85. The van der Waals surface area contributed by atoms with E-state index >= 15 is 0 Å². The Hall–Kier alpha value is -1.26. The molecule has 1 aromatic carbocycles. The standard InChI is InChI=1S/C17H27NO3/c1-12(14-5-4-13(19)10-15(14)20)18-11-17(21)8-6-16(2,3)7-9-17/h4-5,10,12,18-21H,6-9,11H2,1-3H3. The molecule has 0 amide bonds. The van der Waals surface area contributed by atoms with Crippen LogP contribution in [-0.2, 0) is 0 Å². The maximum absolute atomic E-state index is 10.6. The van der Waals surface area contributed by atoms with Crippen LogP contribution in [0.15, 0.2) is 18.2 Å². The molecule has 1 aliphatic rings. The zero-order chi connectivity index (χ0) is 15.7. The predicted octanol–water partition coefficient (Wildman–Crippen LogP) is 3.08. The molecule has 4 N–H and O–H groups in total. The van der Waals surface area contributed by atoms with E-state index in [2.05, 4.69) is 19.2 Å². The quantitative estimate of drug-likeness (QED) is 0.688. The molecule has 2 rings (SSSR count). The van der Waals surface area contributed by atoms with Gasteiger partial charge < -0.3 is 20.6 Å². The summed E-state index contributed by atoms with van der Waals surface area (Å²) < 4.78 is 0. The van der Waals surface area contributed by atoms with Gasteiger partial charge >= 0.3 is 0 Å². The van der Waals surface area contributed by atoms with Crippen LogP contribution >= 0.6 is 0 Å². The summed E-state index contributed by atoms with van der Waals surface area (Å²) in [5, 5.41) is 33.1. The Morgan fingerprint density at radius 1 is 1.14 bits per heavy atom. The van der Waals surface area contributed by atoms with Crippen LogP contribution in [0.4, 0.5) is 0 Å². The van der Waals surface area contributed by atoms with Crippen LogP contribution < -0.4 is 5.32 Å². The van der Waals surface area contributed by atoms with E-state index in [0.717, 1.165) is 31.2 Å². The van der Waals surface area contributed by atoms with Crippen molar-refractivity contribution in [1.82, 2.24) is 5.32 Å². The first kappa shape index (κ1) is 16.1. The minimum absolute atomic E-state index is 0.0524. The van der Waals surface area contributed by atoms with Crippen LogP contribution in [-0.4, -0.2) is 27.5 Å². The number of phenolic OH excluding ortho intramolecular Hbond substituents is 2. The summed E-state index contributed by atoms with van der Waals surface area (Å²) in [6.45, 7) is 6.96. The zero-order valence-corrected chi connectivity index (χ0v) is 13.2. The Balaban J connectivity index is 1.93. The molecule has 1 atom stereocenters. The van der Waals surface area contributed by atoms with Crippen molar-refractivity contribution in [3.8, 4) is 11.5 Å². The summed E-state index contributed by atoms with van der Waals surface area (Å²) >= 11 is 0. The Bertz CT molecular complexity index is 489. The maximum Gasteiger partial charge on any atom is 0.124 e. The van der Waals surface area contributed by atoms with Crippen molar-refractivity contribution in [1.29, 1.82) is 0 Å². The van der Waals surface area contributed by atoms with Crippen LogP contribution in [0, 0.1) is 5.41 Å². The van der Waals surface area contributed by atoms with Gasteiger partial charge in [-0.25, -0.2) is 0 Å². The van der Waals surface area contributed by atoms with E-state index in [0.29, 0.717) is 12.0 Å². The molecule has 0 saturated heterocycles. The highest BCUT2D eigenvalue weighted by Crippen LogP contribution is 2.40. The van der Waals surface area contributed by atoms with Crippen LogP contribution in [0.25, 0.3) is 0 Å². The van der Waals surface area contributed by atoms with Crippen molar-refractivity contribution < 1.29 is 15.3 Å². The molecule has 0 spiro atoms. The molecule has 1 fully saturated rings. The van der Waals surface area contributed by atoms with Gasteiger partial charge in [-0.1, -0.05) is 19.9 Å². The Labute approximate surface area is 126 Å². The summed E-state index contributed by atoms with van der Waals surface area (Å²) in [4.78, 5) is 0. The first-order valence-corrected chi connectivity index (χ1v) is 7.68. The van der Waals surface area contributed by atoms with Crippen molar-refractivity contribution in [2.45, 2.75) is 58.1 Å². The van der Waals surface area contributed by atoms with E-state index in [1.807, 2.05) is 6.92 Å². The van der Waals surface area contributed by atoms with E-state index < -0.39 is 5.60 Å². The molecule has 0 aromatic heterocycles. The highest BCUT2D eigenvalue weighted by molar-refractivity contribution is 5.40. The molecule has 1 unspecified atom stereocenters. The normalized spacial score (nSPS) is 21.9. The highest BCUT2D eigenvalue weighted by atomic mass is 16.3. The number of aliphatic hydroxyl groups is 1. The number of phenols is 2. The molecule has 1 aliphatic carbocycles. The lowest BCUT2D eigenvalue weighted by Crippen LogP contribution is -2.45. The predicted molar refractivity (Wildman–Crippen MR) is 83.4 cm³/mol. The number of rotatable bonds is 4. The van der Waals surface area contributed by atoms with E-state index in [1.165, 1.54) is 6.07 Å². The van der Waals surface area contributed by atoms with Crippen molar-refractivity contribution in [3.63, 3.8) is 0 Å². The monoisotopic (exact) mass is 293 g/mol. The first-order valence-electron chi connectivity index (χ1n) is 7.68. The molecule has 0 heterocycles. The Kier molecular flexibility index (Phi) is 4.49. The first-order chi connectivity index (χ1) is 9.71. The van der Waals surface area contributed by atoms with Crippen LogP contribution in [0.3, 0.4) is 0 Å². The summed E-state index contributed by atoms with van der Waals surface area (Å²) in [5.41, 5.74) is 0.399. The molecule has 1 saturated carbocycles. The van der Waals surface area contributed by atoms with Gasteiger partial charge in [-0.15, -0.1) is 0 Å². The van der Waals surface area contributed by atoms with Crippen molar-refractivity contribution in [2.24, 2.45) is 5.41 Å². The van der Waals surface area contributed by atoms with E-state index in [4.69, 9.17) is 0 Å². The molecule has 0 bridgehead atoms. The fraction of sp³-hybridized carbons (Fsp3) is 0.647. The minimum atomic E-state index is -0.656. The van der Waals surface area contributed by atoms with Gasteiger partial charge in [0, 0.05) is 24.2 Å². The maximum atomic E-state index is 10.6. The largest absolute Gasteiger partial charge is 0.508 e. The fourth-order valence-electron chi connectivity index (χ4n) is 2.92. The third-order valence-electron chi connectivity index (χ3n) is 4.75. The van der Waals surface area contributed by atoms with Crippen molar-refractivity contribution >= 4 is 0 Å². The van der Waals surface area contributed by atoms with Gasteiger partial charge in [0.25, 0.3) is 0 Å². The SMILES string of the molecule is CC(NCC1(O)CCC(C)(C)CC1)c1ccc(O)cc1O. The van der Waals surface area contributed by atoms with Gasteiger partial charge in [-0.05, 0) is 44.1 Å². The summed E-state index contributed by atoms with van der Waals surface area (Å²) in [7, 11) is 0. The Morgan fingerprint density at radius 3 is 2.33 bits per heavy atom. The van der Waals surface area contributed by atoms with Crippen LogP contribution in [0.5, 0.6) is 11.5 Å². The fourth-order valence-corrected chi connectivity index (χ4v) is 2.92. The summed E-state index contributed by atoms with van der Waals surface area (Å²) in [6, 6.07) is 4.52. The van der Waals surface area contributed by atoms with Gasteiger partial charge in [0.15, 0.2) is 0 Å². The van der Waals surface area contributed by atoms with Gasteiger partial charge in [0.2, 0.25) is 0 Å². The molecular weight excluding hydrogens is 266 g/mol. The molecule has 0 aliphatic heterocycles. The van der Waals surface area contributed by atoms with Gasteiger partial charge in [0.1, 0.15) is 11.5 Å². The average Bonchev–Trinajstić information content (AvgIpc) is 2.40. The number of aromatic hydroxyl groups is 2. The summed E-state index contributed by atoms with van der Waals surface area (Å²) in [5.74, 6) is 0.128. The second-order valence-corrected chi connectivity index (χ2v) is 7.23. The minimum Gasteiger partial charge on any atom is -0.508 e. The van der Waals surface area contributed by atoms with Crippen LogP contribution in [0.1, 0.15) is 58.1 Å².